The maximum absolute atomic E-state index is 11.9. The van der Waals surface area contributed by atoms with E-state index in [-0.39, 0.29) is 11.9 Å². The zero-order valence-corrected chi connectivity index (χ0v) is 16.8. The van der Waals surface area contributed by atoms with Crippen LogP contribution in [0.3, 0.4) is 0 Å². The number of aromatic nitrogens is 4. The van der Waals surface area contributed by atoms with Crippen LogP contribution in [0.2, 0.25) is 0 Å². The number of nitrogens with two attached hydrogens (primary N) is 1. The van der Waals surface area contributed by atoms with Gasteiger partial charge in [0.05, 0.1) is 18.6 Å². The Morgan fingerprint density at radius 2 is 2.10 bits per heavy atom. The van der Waals surface area contributed by atoms with Gasteiger partial charge in [-0.05, 0) is 19.1 Å². The lowest BCUT2D eigenvalue weighted by Gasteiger charge is -2.10. The van der Waals surface area contributed by atoms with Gasteiger partial charge in [0, 0.05) is 18.2 Å². The van der Waals surface area contributed by atoms with Gasteiger partial charge in [-0.15, -0.1) is 0 Å². The maximum Gasteiger partial charge on any atom is 0.232 e. The number of ether oxygens (including phenoxy) is 1. The van der Waals surface area contributed by atoms with Gasteiger partial charge in [0.1, 0.15) is 17.3 Å². The fourth-order valence-electron chi connectivity index (χ4n) is 2.39. The minimum absolute atomic E-state index is 0.118. The van der Waals surface area contributed by atoms with Gasteiger partial charge < -0.3 is 25.6 Å². The summed E-state index contributed by atoms with van der Waals surface area (Å²) in [6.07, 6.45) is 0.323. The number of para-hydroxylation sites is 2. The summed E-state index contributed by atoms with van der Waals surface area (Å²) in [5, 5.41) is 9.49. The van der Waals surface area contributed by atoms with Crippen molar-refractivity contribution in [1.82, 2.24) is 20.1 Å². The zero-order valence-electron chi connectivity index (χ0n) is 16.0. The second kappa shape index (κ2) is 9.73. The number of hydrogen-bond acceptors (Lipinski definition) is 10. The number of carbonyl (C=O) groups is 1. The van der Waals surface area contributed by atoms with Gasteiger partial charge in [-0.1, -0.05) is 17.3 Å². The van der Waals surface area contributed by atoms with Crippen LogP contribution < -0.4 is 21.1 Å². The van der Waals surface area contributed by atoms with Gasteiger partial charge in [0.15, 0.2) is 5.82 Å². The van der Waals surface area contributed by atoms with Crippen LogP contribution in [-0.2, 0) is 10.5 Å². The van der Waals surface area contributed by atoms with Crippen molar-refractivity contribution in [2.75, 3.05) is 29.2 Å². The Morgan fingerprint density at radius 3 is 2.86 bits per heavy atom. The number of nitrogens with zero attached hydrogens (tertiary/aromatic N) is 4. The molecule has 10 nitrogen and oxygen atoms in total. The molecule has 2 heterocycles. The van der Waals surface area contributed by atoms with Crippen molar-refractivity contribution in [1.29, 1.82) is 0 Å². The van der Waals surface area contributed by atoms with Crippen LogP contribution in [0.15, 0.2) is 34.9 Å². The number of nitrogen functional groups attached to an aromatic ring is 1. The Labute approximate surface area is 171 Å². The molecule has 3 aromatic rings. The molecule has 0 spiro atoms. The third-order valence-electron chi connectivity index (χ3n) is 3.65. The molecule has 0 aliphatic heterocycles. The van der Waals surface area contributed by atoms with Gasteiger partial charge >= 0.3 is 0 Å². The molecule has 0 aliphatic rings. The molecule has 1 aromatic carbocycles. The predicted octanol–water partition coefficient (Wildman–Crippen LogP) is 2.76. The van der Waals surface area contributed by atoms with Crippen molar-refractivity contribution in [3.05, 3.63) is 41.9 Å². The van der Waals surface area contributed by atoms with Crippen LogP contribution in [0, 0.1) is 6.92 Å². The fraction of sp³-hybridized carbons (Fsp3) is 0.278. The lowest BCUT2D eigenvalue weighted by molar-refractivity contribution is -0.115. The summed E-state index contributed by atoms with van der Waals surface area (Å²) in [5.74, 6) is 3.62. The smallest absolute Gasteiger partial charge is 0.232 e. The Bertz CT molecular complexity index is 980. The first kappa shape index (κ1) is 20.4. The number of benzene rings is 1. The van der Waals surface area contributed by atoms with Crippen molar-refractivity contribution in [3.8, 4) is 5.75 Å². The number of nitrogens with one attached hydrogen (secondary N) is 2. The van der Waals surface area contributed by atoms with Gasteiger partial charge in [-0.3, -0.25) is 4.79 Å². The number of thioether (sulfide) groups is 1. The number of anilines is 4. The molecule has 0 aliphatic carbocycles. The van der Waals surface area contributed by atoms with Crippen molar-refractivity contribution in [2.24, 2.45) is 0 Å². The quantitative estimate of drug-likeness (QED) is 0.447. The molecule has 0 fully saturated rings. The Morgan fingerprint density at radius 1 is 1.28 bits per heavy atom. The summed E-state index contributed by atoms with van der Waals surface area (Å²) in [6.45, 7) is 1.76. The summed E-state index contributed by atoms with van der Waals surface area (Å²) in [4.78, 5) is 24.5. The van der Waals surface area contributed by atoms with E-state index in [0.29, 0.717) is 47.0 Å². The topological polar surface area (TPSA) is 141 Å². The molecule has 1 amide bonds. The van der Waals surface area contributed by atoms with E-state index >= 15 is 0 Å². The molecule has 0 bridgehead atoms. The molecule has 11 heteroatoms. The normalized spacial score (nSPS) is 10.6. The number of hydrogen-bond donors (Lipinski definition) is 3. The second-order valence-electron chi connectivity index (χ2n) is 5.93. The Kier molecular flexibility index (Phi) is 6.85. The first-order valence-electron chi connectivity index (χ1n) is 8.75. The fourth-order valence-corrected chi connectivity index (χ4v) is 3.17. The van der Waals surface area contributed by atoms with E-state index in [1.807, 2.05) is 24.3 Å². The van der Waals surface area contributed by atoms with Gasteiger partial charge in [-0.25, -0.2) is 0 Å². The average Bonchev–Trinajstić information content (AvgIpc) is 3.10. The molecule has 3 rings (SSSR count). The van der Waals surface area contributed by atoms with Crippen LogP contribution >= 0.6 is 11.8 Å². The van der Waals surface area contributed by atoms with Gasteiger partial charge in [0.25, 0.3) is 0 Å². The number of amides is 1. The molecule has 0 radical (unpaired) electrons. The molecule has 0 atom stereocenters. The predicted molar refractivity (Wildman–Crippen MR) is 111 cm³/mol. The van der Waals surface area contributed by atoms with E-state index in [1.54, 1.807) is 20.1 Å². The highest BCUT2D eigenvalue weighted by atomic mass is 32.2. The zero-order chi connectivity index (χ0) is 20.6. The molecular formula is C18H21N7O3S. The Hall–Kier alpha value is -3.34. The second-order valence-corrected chi connectivity index (χ2v) is 7.04. The standard InChI is InChI=1S/C18H21N7O3S/c1-11-9-14(25-28-11)21-16(26)7-8-29-10-15-22-17(19)24-18(23-15)20-12-5-3-4-6-13(12)27-2/h3-6,9H,7-8,10H2,1-2H3,(H,21,25,26)(H3,19,20,22,23,24). The highest BCUT2D eigenvalue weighted by molar-refractivity contribution is 7.98. The van der Waals surface area contributed by atoms with E-state index in [4.69, 9.17) is 15.0 Å². The SMILES string of the molecule is COc1ccccc1Nc1nc(N)nc(CSCCC(=O)Nc2cc(C)on2)n1. The molecule has 152 valence electrons. The molecule has 29 heavy (non-hydrogen) atoms. The average molecular weight is 415 g/mol. The summed E-state index contributed by atoms with van der Waals surface area (Å²) in [5.41, 5.74) is 6.52. The summed E-state index contributed by atoms with van der Waals surface area (Å²) in [7, 11) is 1.59. The minimum Gasteiger partial charge on any atom is -0.495 e. The summed E-state index contributed by atoms with van der Waals surface area (Å²) >= 11 is 1.52. The van der Waals surface area contributed by atoms with Crippen molar-refractivity contribution in [3.63, 3.8) is 0 Å². The lowest BCUT2D eigenvalue weighted by atomic mass is 10.3. The van der Waals surface area contributed by atoms with Crippen molar-refractivity contribution >= 4 is 41.1 Å². The first-order valence-corrected chi connectivity index (χ1v) is 9.90. The van der Waals surface area contributed by atoms with Crippen LogP contribution in [0.4, 0.5) is 23.4 Å². The highest BCUT2D eigenvalue weighted by Crippen LogP contribution is 2.26. The monoisotopic (exact) mass is 415 g/mol. The molecule has 0 unspecified atom stereocenters. The van der Waals surface area contributed by atoms with Crippen molar-refractivity contribution < 1.29 is 14.1 Å². The summed E-state index contributed by atoms with van der Waals surface area (Å²) < 4.78 is 10.2. The number of methoxy groups -OCH3 is 1. The maximum atomic E-state index is 11.9. The molecular weight excluding hydrogens is 394 g/mol. The lowest BCUT2D eigenvalue weighted by Crippen LogP contribution is -2.12. The first-order chi connectivity index (χ1) is 14.0. The molecule has 2 aromatic heterocycles. The summed E-state index contributed by atoms with van der Waals surface area (Å²) in [6, 6.07) is 9.08. The van der Waals surface area contributed by atoms with Crippen LogP contribution in [0.1, 0.15) is 18.0 Å². The molecule has 0 saturated heterocycles. The van der Waals surface area contributed by atoms with Gasteiger partial charge in [0.2, 0.25) is 17.8 Å². The van der Waals surface area contributed by atoms with Crippen molar-refractivity contribution in [2.45, 2.75) is 19.1 Å². The third kappa shape index (κ3) is 6.07. The third-order valence-corrected chi connectivity index (χ3v) is 4.61. The number of carbonyl (C=O) groups excluding carboxylic acids is 1. The van der Waals surface area contributed by atoms with Crippen LogP contribution in [0.25, 0.3) is 0 Å². The van der Waals surface area contributed by atoms with E-state index in [0.717, 1.165) is 5.69 Å². The van der Waals surface area contributed by atoms with E-state index in [1.165, 1.54) is 11.8 Å². The molecule has 4 N–H and O–H groups in total. The number of rotatable bonds is 9. The van der Waals surface area contributed by atoms with E-state index in [2.05, 4.69) is 30.7 Å². The highest BCUT2D eigenvalue weighted by Gasteiger charge is 2.09. The van der Waals surface area contributed by atoms with E-state index < -0.39 is 0 Å². The number of aryl methyl sites for hydroxylation is 1. The van der Waals surface area contributed by atoms with Gasteiger partial charge in [-0.2, -0.15) is 26.7 Å². The van der Waals surface area contributed by atoms with Crippen LogP contribution in [0.5, 0.6) is 5.75 Å². The Balaban J connectivity index is 1.51. The molecule has 0 saturated carbocycles. The largest absolute Gasteiger partial charge is 0.495 e. The van der Waals surface area contributed by atoms with E-state index in [9.17, 15) is 4.79 Å². The van der Waals surface area contributed by atoms with Crippen LogP contribution in [-0.4, -0.2) is 38.9 Å². The minimum atomic E-state index is -0.139.